The number of nitrogens with two attached hydrogens (primary N) is 1. The molecule has 1 aromatic carbocycles. The van der Waals surface area contributed by atoms with Crippen LogP contribution in [0.3, 0.4) is 0 Å². The molecule has 2 heteroatoms. The van der Waals surface area contributed by atoms with Crippen LogP contribution in [0.2, 0.25) is 5.02 Å². The second-order valence-electron chi connectivity index (χ2n) is 3.91. The van der Waals surface area contributed by atoms with Gasteiger partial charge in [-0.25, -0.2) is 0 Å². The molecule has 0 heterocycles. The van der Waals surface area contributed by atoms with Crippen molar-refractivity contribution in [2.75, 3.05) is 0 Å². The minimum Gasteiger partial charge on any atom is -0.324 e. The van der Waals surface area contributed by atoms with Crippen molar-refractivity contribution < 1.29 is 0 Å². The Morgan fingerprint density at radius 1 is 1.53 bits per heavy atom. The molecule has 0 aliphatic rings. The van der Waals surface area contributed by atoms with E-state index >= 15 is 0 Å². The van der Waals surface area contributed by atoms with Gasteiger partial charge < -0.3 is 5.73 Å². The molecule has 0 spiro atoms. The monoisotopic (exact) mass is 223 g/mol. The molecule has 0 aromatic heterocycles. The van der Waals surface area contributed by atoms with Gasteiger partial charge in [0.1, 0.15) is 0 Å². The molecule has 0 amide bonds. The molecule has 0 bridgehead atoms. The maximum absolute atomic E-state index is 5.96. The Kier molecular flexibility index (Phi) is 4.37. The number of rotatable bonds is 3. The van der Waals surface area contributed by atoms with Crippen LogP contribution in [-0.2, 0) is 0 Å². The molecule has 0 aliphatic carbocycles. The summed E-state index contributed by atoms with van der Waals surface area (Å²) in [6, 6.07) is 6.17. The van der Waals surface area contributed by atoms with Crippen LogP contribution in [0.4, 0.5) is 0 Å². The topological polar surface area (TPSA) is 26.0 Å². The highest BCUT2D eigenvalue weighted by Gasteiger charge is 2.02. The van der Waals surface area contributed by atoms with Crippen LogP contribution >= 0.6 is 11.6 Å². The Morgan fingerprint density at radius 2 is 2.20 bits per heavy atom. The molecule has 0 saturated heterocycles. The molecule has 1 aromatic rings. The van der Waals surface area contributed by atoms with E-state index in [0.29, 0.717) is 0 Å². The largest absolute Gasteiger partial charge is 0.324 e. The smallest absolute Gasteiger partial charge is 0.0435 e. The zero-order chi connectivity index (χ0) is 11.4. The third-order valence-electron chi connectivity index (χ3n) is 2.60. The minimum absolute atomic E-state index is 0.154. The van der Waals surface area contributed by atoms with E-state index in [2.05, 4.69) is 26.0 Å². The summed E-state index contributed by atoms with van der Waals surface area (Å²) in [5.74, 6) is 0. The Labute approximate surface area is 96.9 Å². The van der Waals surface area contributed by atoms with Gasteiger partial charge in [-0.1, -0.05) is 42.3 Å². The standard InChI is InChI=1S/C13H18ClN/c1-4-13(15)10(3)8-11-5-6-12(14)9(2)7-11/h5-8,13H,4,15H2,1-3H3/b10-8+. The lowest BCUT2D eigenvalue weighted by Gasteiger charge is -2.09. The highest BCUT2D eigenvalue weighted by atomic mass is 35.5. The lowest BCUT2D eigenvalue weighted by Crippen LogP contribution is -2.19. The molecular formula is C13H18ClN. The van der Waals surface area contributed by atoms with E-state index < -0.39 is 0 Å². The van der Waals surface area contributed by atoms with Crippen molar-refractivity contribution in [3.05, 3.63) is 39.9 Å². The van der Waals surface area contributed by atoms with E-state index in [4.69, 9.17) is 17.3 Å². The highest BCUT2D eigenvalue weighted by Crippen LogP contribution is 2.18. The second kappa shape index (κ2) is 5.34. The first-order valence-electron chi connectivity index (χ1n) is 5.24. The average molecular weight is 224 g/mol. The van der Waals surface area contributed by atoms with Crippen LogP contribution in [0, 0.1) is 6.92 Å². The van der Waals surface area contributed by atoms with Gasteiger partial charge in [0.25, 0.3) is 0 Å². The van der Waals surface area contributed by atoms with Crippen LogP contribution in [-0.4, -0.2) is 6.04 Å². The van der Waals surface area contributed by atoms with E-state index in [9.17, 15) is 0 Å². The maximum Gasteiger partial charge on any atom is 0.0435 e. The molecule has 1 rings (SSSR count). The van der Waals surface area contributed by atoms with E-state index in [1.807, 2.05) is 19.1 Å². The number of halogens is 1. The molecule has 0 saturated carbocycles. The lowest BCUT2D eigenvalue weighted by molar-refractivity contribution is 0.744. The summed E-state index contributed by atoms with van der Waals surface area (Å²) in [7, 11) is 0. The van der Waals surface area contributed by atoms with Crippen LogP contribution in [0.1, 0.15) is 31.4 Å². The molecule has 1 unspecified atom stereocenters. The van der Waals surface area contributed by atoms with E-state index in [1.165, 1.54) is 11.1 Å². The molecule has 2 N–H and O–H groups in total. The summed E-state index contributed by atoms with van der Waals surface area (Å²) in [5, 5.41) is 0.810. The fourth-order valence-corrected chi connectivity index (χ4v) is 1.57. The number of aryl methyl sites for hydroxylation is 1. The van der Waals surface area contributed by atoms with Crippen LogP contribution in [0.15, 0.2) is 23.8 Å². The van der Waals surface area contributed by atoms with E-state index in [1.54, 1.807) is 0 Å². The van der Waals surface area contributed by atoms with E-state index in [-0.39, 0.29) is 6.04 Å². The number of hydrogen-bond donors (Lipinski definition) is 1. The molecular weight excluding hydrogens is 206 g/mol. The fraction of sp³-hybridized carbons (Fsp3) is 0.385. The van der Waals surface area contributed by atoms with Crippen molar-refractivity contribution in [3.8, 4) is 0 Å². The normalized spacial score (nSPS) is 14.1. The zero-order valence-corrected chi connectivity index (χ0v) is 10.3. The van der Waals surface area contributed by atoms with Gasteiger partial charge in [-0.2, -0.15) is 0 Å². The van der Waals surface area contributed by atoms with Crippen molar-refractivity contribution >= 4 is 17.7 Å². The molecule has 1 nitrogen and oxygen atoms in total. The van der Waals surface area contributed by atoms with Crippen molar-refractivity contribution in [2.45, 2.75) is 33.2 Å². The summed E-state index contributed by atoms with van der Waals surface area (Å²) in [6.07, 6.45) is 3.09. The molecule has 15 heavy (non-hydrogen) atoms. The van der Waals surface area contributed by atoms with Gasteiger partial charge in [-0.05, 0) is 37.5 Å². The van der Waals surface area contributed by atoms with Gasteiger partial charge in [0.05, 0.1) is 0 Å². The fourth-order valence-electron chi connectivity index (χ4n) is 1.45. The molecule has 0 aliphatic heterocycles. The van der Waals surface area contributed by atoms with Gasteiger partial charge in [0.2, 0.25) is 0 Å². The summed E-state index contributed by atoms with van der Waals surface area (Å²) in [5.41, 5.74) is 9.41. The lowest BCUT2D eigenvalue weighted by atomic mass is 10.0. The van der Waals surface area contributed by atoms with Crippen LogP contribution in [0.25, 0.3) is 6.08 Å². The summed E-state index contributed by atoms with van der Waals surface area (Å²) >= 11 is 5.96. The Morgan fingerprint density at radius 3 is 2.73 bits per heavy atom. The van der Waals surface area contributed by atoms with Crippen LogP contribution < -0.4 is 5.73 Å². The SMILES string of the molecule is CCC(N)/C(C)=C/c1ccc(Cl)c(C)c1. The van der Waals surface area contributed by atoms with Gasteiger partial charge in [-0.15, -0.1) is 0 Å². The van der Waals surface area contributed by atoms with Crippen molar-refractivity contribution in [1.29, 1.82) is 0 Å². The molecule has 0 fully saturated rings. The maximum atomic E-state index is 5.96. The Hall–Kier alpha value is -0.790. The van der Waals surface area contributed by atoms with Crippen molar-refractivity contribution in [3.63, 3.8) is 0 Å². The first kappa shape index (κ1) is 12.3. The Bertz CT molecular complexity index is 369. The third-order valence-corrected chi connectivity index (χ3v) is 3.03. The highest BCUT2D eigenvalue weighted by molar-refractivity contribution is 6.31. The van der Waals surface area contributed by atoms with Crippen LogP contribution in [0.5, 0.6) is 0 Å². The summed E-state index contributed by atoms with van der Waals surface area (Å²) in [6.45, 7) is 6.17. The second-order valence-corrected chi connectivity index (χ2v) is 4.32. The predicted octanol–water partition coefficient (Wildman–Crippen LogP) is 3.79. The molecule has 1 atom stereocenters. The van der Waals surface area contributed by atoms with Crippen molar-refractivity contribution in [1.82, 2.24) is 0 Å². The molecule has 82 valence electrons. The van der Waals surface area contributed by atoms with Gasteiger partial charge in [0.15, 0.2) is 0 Å². The minimum atomic E-state index is 0.154. The third kappa shape index (κ3) is 3.37. The molecule has 0 radical (unpaired) electrons. The summed E-state index contributed by atoms with van der Waals surface area (Å²) < 4.78 is 0. The van der Waals surface area contributed by atoms with Crippen molar-refractivity contribution in [2.24, 2.45) is 5.73 Å². The number of benzene rings is 1. The quantitative estimate of drug-likeness (QED) is 0.829. The van der Waals surface area contributed by atoms with Gasteiger partial charge in [0, 0.05) is 11.1 Å². The van der Waals surface area contributed by atoms with Gasteiger partial charge in [-0.3, -0.25) is 0 Å². The average Bonchev–Trinajstić information content (AvgIpc) is 2.22. The van der Waals surface area contributed by atoms with E-state index in [0.717, 1.165) is 17.0 Å². The zero-order valence-electron chi connectivity index (χ0n) is 9.55. The number of hydrogen-bond acceptors (Lipinski definition) is 1. The first-order chi connectivity index (χ1) is 7.04. The van der Waals surface area contributed by atoms with Gasteiger partial charge >= 0.3 is 0 Å². The predicted molar refractivity (Wildman–Crippen MR) is 68.1 cm³/mol. The summed E-state index contributed by atoms with van der Waals surface area (Å²) in [4.78, 5) is 0. The Balaban J connectivity index is 2.93. The first-order valence-corrected chi connectivity index (χ1v) is 5.62.